The lowest BCUT2D eigenvalue weighted by Gasteiger charge is -2.48. The Hall–Kier alpha value is -3.44. The molecule has 0 aliphatic carbocycles. The average molecular weight is 551 g/mol. The number of likely N-dealkylation sites (tertiary alicyclic amines) is 1. The number of fused-ring (bicyclic) bond motifs is 1. The lowest BCUT2D eigenvalue weighted by Crippen LogP contribution is -2.59. The first-order valence-electron chi connectivity index (χ1n) is 15.2. The molecule has 2 aromatic carbocycles. The number of aromatic nitrogens is 2. The first-order valence-corrected chi connectivity index (χ1v) is 15.2. The topological polar surface area (TPSA) is 61.0 Å². The fourth-order valence-electron chi connectivity index (χ4n) is 6.37. The number of rotatable bonds is 11. The van der Waals surface area contributed by atoms with Gasteiger partial charge in [0.1, 0.15) is 0 Å². The van der Waals surface area contributed by atoms with Crippen molar-refractivity contribution in [2.45, 2.75) is 72.6 Å². The Balaban J connectivity index is 1.35. The van der Waals surface area contributed by atoms with E-state index in [1.165, 1.54) is 38.9 Å². The Kier molecular flexibility index (Phi) is 8.37. The summed E-state index contributed by atoms with van der Waals surface area (Å²) in [7, 11) is 0. The molecular formula is C36H46N4O. The van der Waals surface area contributed by atoms with Crippen molar-refractivity contribution in [3.8, 4) is 11.3 Å². The number of pyridine rings is 1. The van der Waals surface area contributed by atoms with E-state index in [0.717, 1.165) is 62.9 Å². The van der Waals surface area contributed by atoms with Gasteiger partial charge in [0.15, 0.2) is 0 Å². The molecule has 0 radical (unpaired) electrons. The van der Waals surface area contributed by atoms with E-state index in [9.17, 15) is 4.79 Å². The smallest absolute Gasteiger partial charge is 0.232 e. The summed E-state index contributed by atoms with van der Waals surface area (Å²) in [6.07, 6.45) is 8.08. The van der Waals surface area contributed by atoms with E-state index in [1.807, 2.05) is 23.4 Å². The van der Waals surface area contributed by atoms with Crippen LogP contribution in [0, 0.1) is 19.3 Å². The Morgan fingerprint density at radius 3 is 2.44 bits per heavy atom. The van der Waals surface area contributed by atoms with Crippen molar-refractivity contribution in [3.05, 3.63) is 88.7 Å². The number of hydrogen-bond acceptors (Lipinski definition) is 3. The highest BCUT2D eigenvalue weighted by Gasteiger charge is 2.43. The van der Waals surface area contributed by atoms with Gasteiger partial charge in [0.25, 0.3) is 0 Å². The number of hydrogen-bond donors (Lipinski definition) is 2. The second kappa shape index (κ2) is 11.8. The van der Waals surface area contributed by atoms with Gasteiger partial charge >= 0.3 is 0 Å². The van der Waals surface area contributed by atoms with Crippen molar-refractivity contribution >= 4 is 16.8 Å². The van der Waals surface area contributed by atoms with Crippen LogP contribution in [0.1, 0.15) is 68.4 Å². The third kappa shape index (κ3) is 6.56. The van der Waals surface area contributed by atoms with Crippen LogP contribution in [0.15, 0.2) is 60.9 Å². The third-order valence-corrected chi connectivity index (χ3v) is 8.54. The number of amides is 1. The Labute approximate surface area is 245 Å². The molecule has 1 aliphatic heterocycles. The molecular weight excluding hydrogens is 504 g/mol. The minimum atomic E-state index is -0.578. The maximum absolute atomic E-state index is 13.6. The number of benzene rings is 2. The van der Waals surface area contributed by atoms with Crippen LogP contribution in [0.2, 0.25) is 0 Å². The van der Waals surface area contributed by atoms with Crippen LogP contribution in [0.25, 0.3) is 22.2 Å². The lowest BCUT2D eigenvalue weighted by atomic mass is 9.78. The minimum absolute atomic E-state index is 0.218. The van der Waals surface area contributed by atoms with Gasteiger partial charge in [-0.25, -0.2) is 0 Å². The lowest BCUT2D eigenvalue weighted by molar-refractivity contribution is -0.146. The third-order valence-electron chi connectivity index (χ3n) is 8.54. The fraction of sp³-hybridized carbons (Fsp3) is 0.444. The molecule has 1 fully saturated rings. The number of unbranched alkanes of at least 4 members (excludes halogenated alkanes) is 1. The Morgan fingerprint density at radius 2 is 1.76 bits per heavy atom. The van der Waals surface area contributed by atoms with Crippen LogP contribution in [0.4, 0.5) is 0 Å². The fourth-order valence-corrected chi connectivity index (χ4v) is 6.37. The molecule has 41 heavy (non-hydrogen) atoms. The predicted molar refractivity (Wildman–Crippen MR) is 170 cm³/mol. The summed E-state index contributed by atoms with van der Waals surface area (Å²) in [6.45, 7) is 16.5. The summed E-state index contributed by atoms with van der Waals surface area (Å²) in [4.78, 5) is 23.5. The summed E-state index contributed by atoms with van der Waals surface area (Å²) in [5.41, 5.74) is 9.42. The largest absolute Gasteiger partial charge is 0.354 e. The van der Waals surface area contributed by atoms with Crippen LogP contribution in [-0.2, 0) is 23.1 Å². The standard InChI is InChI=1S/C36H46N4O/c1-25-18-26(2)20-28(19-25)33-30(14-17-37-15-8-7-10-27-11-9-16-38-22-27)31-21-29(12-13-32(31)39-33)36(5,6)34(41)40-23-35(3,4)24-40/h9,11-13,16,18-22,37,39H,7-8,10,14-15,17,23-24H2,1-6H3. The van der Waals surface area contributed by atoms with Gasteiger partial charge in [0, 0.05) is 42.1 Å². The molecule has 5 rings (SSSR count). The zero-order chi connectivity index (χ0) is 29.2. The number of aromatic amines is 1. The van der Waals surface area contributed by atoms with Gasteiger partial charge in [0.05, 0.1) is 5.41 Å². The highest BCUT2D eigenvalue weighted by molar-refractivity contribution is 5.94. The molecule has 0 spiro atoms. The number of nitrogens with zero attached hydrogens (tertiary/aromatic N) is 2. The zero-order valence-corrected chi connectivity index (χ0v) is 25.7. The van der Waals surface area contributed by atoms with Crippen molar-refractivity contribution in [3.63, 3.8) is 0 Å². The summed E-state index contributed by atoms with van der Waals surface area (Å²) in [5.74, 6) is 0.218. The Morgan fingerprint density at radius 1 is 1.00 bits per heavy atom. The molecule has 0 bridgehead atoms. The number of carbonyl (C=O) groups is 1. The van der Waals surface area contributed by atoms with E-state index >= 15 is 0 Å². The molecule has 5 nitrogen and oxygen atoms in total. The number of carbonyl (C=O) groups excluding carboxylic acids is 1. The van der Waals surface area contributed by atoms with Crippen molar-refractivity contribution in [2.75, 3.05) is 26.2 Å². The molecule has 3 heterocycles. The predicted octanol–water partition coefficient (Wildman–Crippen LogP) is 7.15. The van der Waals surface area contributed by atoms with Gasteiger partial charge in [-0.05, 0) is 124 Å². The number of aryl methyl sites for hydroxylation is 3. The zero-order valence-electron chi connectivity index (χ0n) is 25.7. The SMILES string of the molecule is Cc1cc(C)cc(-c2[nH]c3ccc(C(C)(C)C(=O)N4CC(C)(C)C4)cc3c2CCNCCCCc2cccnc2)c1. The maximum atomic E-state index is 13.6. The van der Waals surface area contributed by atoms with E-state index in [-0.39, 0.29) is 11.3 Å². The molecule has 1 aliphatic rings. The minimum Gasteiger partial charge on any atom is -0.354 e. The van der Waals surface area contributed by atoms with Gasteiger partial charge in [0.2, 0.25) is 5.91 Å². The van der Waals surface area contributed by atoms with Crippen molar-refractivity contribution in [1.82, 2.24) is 20.2 Å². The molecule has 2 aromatic heterocycles. The highest BCUT2D eigenvalue weighted by Crippen LogP contribution is 2.38. The normalized spacial score (nSPS) is 14.8. The number of H-pyrrole nitrogens is 1. The molecule has 1 saturated heterocycles. The van der Waals surface area contributed by atoms with Crippen molar-refractivity contribution in [1.29, 1.82) is 0 Å². The van der Waals surface area contributed by atoms with Crippen LogP contribution in [-0.4, -0.2) is 47.0 Å². The molecule has 4 aromatic rings. The van der Waals surface area contributed by atoms with Crippen molar-refractivity contribution in [2.24, 2.45) is 5.41 Å². The first kappa shape index (κ1) is 29.1. The maximum Gasteiger partial charge on any atom is 0.232 e. The first-order chi connectivity index (χ1) is 19.5. The van der Waals surface area contributed by atoms with E-state index in [0.29, 0.717) is 0 Å². The molecule has 1 amide bonds. The second-order valence-corrected chi connectivity index (χ2v) is 13.4. The Bertz CT molecular complexity index is 1490. The van der Waals surface area contributed by atoms with Gasteiger partial charge in [-0.3, -0.25) is 9.78 Å². The van der Waals surface area contributed by atoms with E-state index in [1.54, 1.807) is 0 Å². The highest BCUT2D eigenvalue weighted by atomic mass is 16.2. The van der Waals surface area contributed by atoms with Crippen LogP contribution in [0.5, 0.6) is 0 Å². The van der Waals surface area contributed by atoms with Crippen LogP contribution < -0.4 is 5.32 Å². The van der Waals surface area contributed by atoms with Crippen LogP contribution >= 0.6 is 0 Å². The van der Waals surface area contributed by atoms with Gasteiger partial charge in [-0.2, -0.15) is 0 Å². The van der Waals surface area contributed by atoms with Gasteiger partial charge < -0.3 is 15.2 Å². The molecule has 5 heteroatoms. The van der Waals surface area contributed by atoms with E-state index < -0.39 is 5.41 Å². The molecule has 0 atom stereocenters. The van der Waals surface area contributed by atoms with E-state index in [2.05, 4.69) is 99.3 Å². The summed E-state index contributed by atoms with van der Waals surface area (Å²) < 4.78 is 0. The molecule has 0 unspecified atom stereocenters. The molecule has 0 saturated carbocycles. The van der Waals surface area contributed by atoms with Crippen molar-refractivity contribution < 1.29 is 4.79 Å². The summed E-state index contributed by atoms with van der Waals surface area (Å²) in [6, 6.07) is 17.5. The molecule has 2 N–H and O–H groups in total. The van der Waals surface area contributed by atoms with Gasteiger partial charge in [-0.15, -0.1) is 0 Å². The van der Waals surface area contributed by atoms with Crippen LogP contribution in [0.3, 0.4) is 0 Å². The van der Waals surface area contributed by atoms with E-state index in [4.69, 9.17) is 0 Å². The second-order valence-electron chi connectivity index (χ2n) is 13.4. The molecule has 216 valence electrons. The quantitative estimate of drug-likeness (QED) is 0.195. The van der Waals surface area contributed by atoms with Gasteiger partial charge in [-0.1, -0.05) is 43.2 Å². The summed E-state index contributed by atoms with van der Waals surface area (Å²) >= 11 is 0. The number of nitrogens with one attached hydrogen (secondary N) is 2. The summed E-state index contributed by atoms with van der Waals surface area (Å²) in [5, 5.41) is 4.91. The monoisotopic (exact) mass is 550 g/mol. The average Bonchev–Trinajstić information content (AvgIpc) is 3.28.